The molecule has 0 aromatic carbocycles. The Labute approximate surface area is 88.8 Å². The molecule has 0 saturated heterocycles. The monoisotopic (exact) mass is 192 g/mol. The Bertz CT molecular complexity index is 174. The molecule has 0 amide bonds. The van der Waals surface area contributed by atoms with Crippen molar-refractivity contribution in [1.29, 1.82) is 0 Å². The van der Waals surface area contributed by atoms with Gasteiger partial charge >= 0.3 is 0 Å². The molecule has 80 valence electrons. The van der Waals surface area contributed by atoms with Crippen LogP contribution in [0.3, 0.4) is 0 Å². The van der Waals surface area contributed by atoms with Gasteiger partial charge in [0.2, 0.25) is 0 Å². The van der Waals surface area contributed by atoms with Gasteiger partial charge in [0.1, 0.15) is 0 Å². The van der Waals surface area contributed by atoms with Crippen LogP contribution in [0.25, 0.3) is 0 Å². The van der Waals surface area contributed by atoms with E-state index in [9.17, 15) is 0 Å². The number of allylic oxidation sites excluding steroid dienone is 2. The molecule has 0 aromatic rings. The Kier molecular flexibility index (Phi) is 4.09. The van der Waals surface area contributed by atoms with E-state index in [1.54, 1.807) is 0 Å². The van der Waals surface area contributed by atoms with Gasteiger partial charge in [-0.1, -0.05) is 50.7 Å². The highest BCUT2D eigenvalue weighted by molar-refractivity contribution is 4.88. The second kappa shape index (κ2) is 5.58. The summed E-state index contributed by atoms with van der Waals surface area (Å²) < 4.78 is 0. The molecule has 0 aromatic heterocycles. The lowest BCUT2D eigenvalue weighted by Crippen LogP contribution is -2.18. The van der Waals surface area contributed by atoms with E-state index in [2.05, 4.69) is 12.2 Å². The van der Waals surface area contributed by atoms with E-state index < -0.39 is 0 Å². The van der Waals surface area contributed by atoms with Crippen molar-refractivity contribution < 1.29 is 0 Å². The summed E-state index contributed by atoms with van der Waals surface area (Å²) in [5.41, 5.74) is 0. The summed E-state index contributed by atoms with van der Waals surface area (Å²) in [7, 11) is 0. The fraction of sp³-hybridized carbons (Fsp3) is 0.857. The van der Waals surface area contributed by atoms with Crippen LogP contribution in [-0.4, -0.2) is 0 Å². The third kappa shape index (κ3) is 2.87. The molecule has 0 nitrogen and oxygen atoms in total. The van der Waals surface area contributed by atoms with E-state index in [1.165, 1.54) is 64.2 Å². The summed E-state index contributed by atoms with van der Waals surface area (Å²) in [5, 5.41) is 0. The summed E-state index contributed by atoms with van der Waals surface area (Å²) in [6.07, 6.45) is 19.6. The van der Waals surface area contributed by atoms with E-state index in [0.717, 1.165) is 11.8 Å². The smallest absolute Gasteiger partial charge is 0.0320 e. The van der Waals surface area contributed by atoms with Gasteiger partial charge in [0.15, 0.2) is 0 Å². The highest BCUT2D eigenvalue weighted by Crippen LogP contribution is 2.35. The van der Waals surface area contributed by atoms with Crippen LogP contribution in [0.15, 0.2) is 12.2 Å². The van der Waals surface area contributed by atoms with Gasteiger partial charge in [-0.25, -0.2) is 0 Å². The van der Waals surface area contributed by atoms with Crippen LogP contribution in [0.5, 0.6) is 0 Å². The molecular formula is C14H24. The third-order valence-corrected chi connectivity index (χ3v) is 4.12. The minimum atomic E-state index is 1.03. The first-order valence-corrected chi connectivity index (χ1v) is 6.62. The highest BCUT2D eigenvalue weighted by Gasteiger charge is 2.22. The average molecular weight is 192 g/mol. The fourth-order valence-electron chi connectivity index (χ4n) is 3.21. The van der Waals surface area contributed by atoms with Gasteiger partial charge in [0.25, 0.3) is 0 Å². The Morgan fingerprint density at radius 3 is 2.21 bits per heavy atom. The second-order valence-electron chi connectivity index (χ2n) is 5.15. The van der Waals surface area contributed by atoms with Crippen molar-refractivity contribution in [2.24, 2.45) is 11.8 Å². The molecule has 0 heteroatoms. The standard InChI is InChI=1S/C14H24/c1-2-5-9-13(10-6-3-1)14-11-7-4-8-12-14/h2,5,13-14H,1,3-4,6-12H2/b5-2-. The Morgan fingerprint density at radius 2 is 1.36 bits per heavy atom. The van der Waals surface area contributed by atoms with Crippen LogP contribution >= 0.6 is 0 Å². The van der Waals surface area contributed by atoms with Crippen LogP contribution in [0.4, 0.5) is 0 Å². The van der Waals surface area contributed by atoms with Crippen LogP contribution < -0.4 is 0 Å². The van der Waals surface area contributed by atoms with E-state index in [0.29, 0.717) is 0 Å². The normalized spacial score (nSPS) is 33.3. The SMILES string of the molecule is C1=C\CC(C2CCCCC2)CCCC/1. The first-order chi connectivity index (χ1) is 6.97. The first-order valence-electron chi connectivity index (χ1n) is 6.62. The molecule has 1 saturated carbocycles. The quantitative estimate of drug-likeness (QED) is 0.528. The number of hydrogen-bond acceptors (Lipinski definition) is 0. The van der Waals surface area contributed by atoms with E-state index in [-0.39, 0.29) is 0 Å². The largest absolute Gasteiger partial charge is 0.0885 e. The van der Waals surface area contributed by atoms with Crippen molar-refractivity contribution in [3.8, 4) is 0 Å². The van der Waals surface area contributed by atoms with E-state index >= 15 is 0 Å². The summed E-state index contributed by atoms with van der Waals surface area (Å²) in [6.45, 7) is 0. The minimum absolute atomic E-state index is 1.03. The van der Waals surface area contributed by atoms with Crippen molar-refractivity contribution in [1.82, 2.24) is 0 Å². The van der Waals surface area contributed by atoms with Crippen LogP contribution in [0.2, 0.25) is 0 Å². The molecule has 1 atom stereocenters. The fourth-order valence-corrected chi connectivity index (χ4v) is 3.21. The lowest BCUT2D eigenvalue weighted by molar-refractivity contribution is 0.231. The zero-order chi connectivity index (χ0) is 9.64. The van der Waals surface area contributed by atoms with Crippen molar-refractivity contribution >= 4 is 0 Å². The molecule has 2 rings (SSSR count). The molecule has 2 aliphatic carbocycles. The van der Waals surface area contributed by atoms with E-state index in [4.69, 9.17) is 0 Å². The summed E-state index contributed by atoms with van der Waals surface area (Å²) in [5.74, 6) is 2.11. The zero-order valence-electron chi connectivity index (χ0n) is 9.38. The molecule has 0 spiro atoms. The van der Waals surface area contributed by atoms with Gasteiger partial charge in [-0.05, 0) is 37.5 Å². The maximum Gasteiger partial charge on any atom is -0.0320 e. The molecule has 0 bridgehead atoms. The van der Waals surface area contributed by atoms with Crippen LogP contribution in [0, 0.1) is 11.8 Å². The Balaban J connectivity index is 1.86. The van der Waals surface area contributed by atoms with Crippen LogP contribution in [-0.2, 0) is 0 Å². The van der Waals surface area contributed by atoms with Gasteiger partial charge in [0.05, 0.1) is 0 Å². The maximum absolute atomic E-state index is 2.46. The lowest BCUT2D eigenvalue weighted by Gasteiger charge is -2.30. The van der Waals surface area contributed by atoms with Crippen molar-refractivity contribution in [2.75, 3.05) is 0 Å². The predicted molar refractivity (Wildman–Crippen MR) is 62.3 cm³/mol. The van der Waals surface area contributed by atoms with Gasteiger partial charge in [-0.15, -0.1) is 0 Å². The van der Waals surface area contributed by atoms with E-state index in [1.807, 2.05) is 0 Å². The van der Waals surface area contributed by atoms with Gasteiger partial charge in [-0.2, -0.15) is 0 Å². The van der Waals surface area contributed by atoms with Crippen LogP contribution in [0.1, 0.15) is 64.2 Å². The number of hydrogen-bond donors (Lipinski definition) is 0. The highest BCUT2D eigenvalue weighted by atomic mass is 14.3. The maximum atomic E-state index is 2.46. The molecule has 14 heavy (non-hydrogen) atoms. The molecule has 0 N–H and O–H groups in total. The molecule has 0 heterocycles. The topological polar surface area (TPSA) is 0 Å². The van der Waals surface area contributed by atoms with Gasteiger partial charge in [-0.3, -0.25) is 0 Å². The first kappa shape index (κ1) is 10.3. The average Bonchev–Trinajstić information content (AvgIpc) is 2.18. The minimum Gasteiger partial charge on any atom is -0.0885 e. The molecule has 2 aliphatic rings. The Hall–Kier alpha value is -0.260. The summed E-state index contributed by atoms with van der Waals surface area (Å²) in [6, 6.07) is 0. The molecule has 0 radical (unpaired) electrons. The van der Waals surface area contributed by atoms with Crippen molar-refractivity contribution in [2.45, 2.75) is 64.2 Å². The predicted octanol–water partition coefficient (Wildman–Crippen LogP) is 4.70. The molecule has 1 unspecified atom stereocenters. The second-order valence-corrected chi connectivity index (χ2v) is 5.15. The molecular weight excluding hydrogens is 168 g/mol. The van der Waals surface area contributed by atoms with Crippen molar-refractivity contribution in [3.05, 3.63) is 12.2 Å². The van der Waals surface area contributed by atoms with Crippen molar-refractivity contribution in [3.63, 3.8) is 0 Å². The van der Waals surface area contributed by atoms with Gasteiger partial charge < -0.3 is 0 Å². The third-order valence-electron chi connectivity index (χ3n) is 4.12. The molecule has 0 aliphatic heterocycles. The summed E-state index contributed by atoms with van der Waals surface area (Å²) >= 11 is 0. The summed E-state index contributed by atoms with van der Waals surface area (Å²) in [4.78, 5) is 0. The Morgan fingerprint density at radius 1 is 0.643 bits per heavy atom. The number of rotatable bonds is 1. The van der Waals surface area contributed by atoms with Gasteiger partial charge in [0, 0.05) is 0 Å². The molecule has 1 fully saturated rings. The zero-order valence-corrected chi connectivity index (χ0v) is 9.38. The lowest BCUT2D eigenvalue weighted by atomic mass is 9.76.